The van der Waals surface area contributed by atoms with Crippen LogP contribution >= 0.6 is 0 Å². The van der Waals surface area contributed by atoms with Crippen LogP contribution in [0.1, 0.15) is 36.1 Å². The Morgan fingerprint density at radius 1 is 0.793 bits per heavy atom. The van der Waals surface area contributed by atoms with E-state index in [9.17, 15) is 0 Å². The summed E-state index contributed by atoms with van der Waals surface area (Å²) in [4.78, 5) is 2.44. The molecule has 0 N–H and O–H groups in total. The number of para-hydroxylation sites is 2. The van der Waals surface area contributed by atoms with E-state index in [4.69, 9.17) is 0 Å². The predicted molar refractivity (Wildman–Crippen MR) is 126 cm³/mol. The lowest BCUT2D eigenvalue weighted by Crippen LogP contribution is -2.31. The summed E-state index contributed by atoms with van der Waals surface area (Å²) in [5, 5.41) is 2.57. The van der Waals surface area contributed by atoms with Gasteiger partial charge in [-0.05, 0) is 64.2 Å². The van der Waals surface area contributed by atoms with Crippen LogP contribution in [0.2, 0.25) is 0 Å². The van der Waals surface area contributed by atoms with Crippen LogP contribution in [0, 0.1) is 6.92 Å². The Hall–Kier alpha value is -3.32. The van der Waals surface area contributed by atoms with Gasteiger partial charge in [0, 0.05) is 11.1 Å². The summed E-state index contributed by atoms with van der Waals surface area (Å²) in [5.41, 5.74) is 8.84. The quantitative estimate of drug-likeness (QED) is 0.344. The number of anilines is 3. The van der Waals surface area contributed by atoms with Gasteiger partial charge in [-0.15, -0.1) is 0 Å². The zero-order valence-electron chi connectivity index (χ0n) is 17.2. The van der Waals surface area contributed by atoms with E-state index in [0.717, 1.165) is 5.56 Å². The SMILES string of the molecule is C=Cc1ccc2c3c(ccc2c1)N(c1ccccc1C)c1ccccc1C3(C)C. The number of benzene rings is 4. The molecule has 1 nitrogen and oxygen atoms in total. The van der Waals surface area contributed by atoms with Gasteiger partial charge in [0.1, 0.15) is 0 Å². The minimum atomic E-state index is -0.0969. The van der Waals surface area contributed by atoms with Gasteiger partial charge in [0.25, 0.3) is 0 Å². The Morgan fingerprint density at radius 3 is 2.28 bits per heavy atom. The van der Waals surface area contributed by atoms with Crippen LogP contribution in [0.15, 0.2) is 85.4 Å². The second-order valence-electron chi connectivity index (χ2n) is 8.41. The van der Waals surface area contributed by atoms with Crippen molar-refractivity contribution in [1.29, 1.82) is 0 Å². The molecule has 0 atom stereocenters. The first-order chi connectivity index (χ1) is 14.0. The van der Waals surface area contributed by atoms with E-state index in [1.54, 1.807) is 0 Å². The van der Waals surface area contributed by atoms with Gasteiger partial charge in [-0.25, -0.2) is 0 Å². The lowest BCUT2D eigenvalue weighted by molar-refractivity contribution is 0.638. The Balaban J connectivity index is 1.90. The van der Waals surface area contributed by atoms with E-state index in [0.29, 0.717) is 0 Å². The summed E-state index contributed by atoms with van der Waals surface area (Å²) in [6, 6.07) is 28.7. The van der Waals surface area contributed by atoms with Gasteiger partial charge in [-0.3, -0.25) is 0 Å². The van der Waals surface area contributed by atoms with E-state index < -0.39 is 0 Å². The Morgan fingerprint density at radius 2 is 1.52 bits per heavy atom. The molecule has 1 aliphatic heterocycles. The number of hydrogen-bond acceptors (Lipinski definition) is 1. The van der Waals surface area contributed by atoms with E-state index >= 15 is 0 Å². The lowest BCUT2D eigenvalue weighted by atomic mass is 9.71. The maximum absolute atomic E-state index is 3.94. The zero-order valence-corrected chi connectivity index (χ0v) is 17.2. The highest BCUT2D eigenvalue weighted by atomic mass is 15.2. The van der Waals surface area contributed by atoms with Gasteiger partial charge in [-0.2, -0.15) is 0 Å². The van der Waals surface area contributed by atoms with Crippen molar-refractivity contribution in [3.63, 3.8) is 0 Å². The van der Waals surface area contributed by atoms with Crippen LogP contribution in [0.3, 0.4) is 0 Å². The molecule has 4 aromatic rings. The van der Waals surface area contributed by atoms with E-state index in [2.05, 4.69) is 111 Å². The molecule has 5 rings (SSSR count). The average molecular weight is 376 g/mol. The standard InChI is InChI=1S/C28H25N/c1-5-20-14-16-22-21(18-20)15-17-26-27(22)28(3,4)23-11-7-9-13-25(23)29(26)24-12-8-6-10-19(24)2/h5-18H,1H2,2-4H3. The Kier molecular flexibility index (Phi) is 3.89. The third-order valence-electron chi connectivity index (χ3n) is 6.30. The molecule has 1 aliphatic rings. The van der Waals surface area contributed by atoms with Crippen LogP contribution < -0.4 is 4.90 Å². The van der Waals surface area contributed by atoms with Gasteiger partial charge < -0.3 is 4.90 Å². The summed E-state index contributed by atoms with van der Waals surface area (Å²) < 4.78 is 0. The molecule has 0 spiro atoms. The predicted octanol–water partition coefficient (Wildman–Crippen LogP) is 7.90. The molecule has 0 saturated heterocycles. The van der Waals surface area contributed by atoms with E-state index in [-0.39, 0.29) is 5.41 Å². The maximum Gasteiger partial charge on any atom is 0.0509 e. The first kappa shape index (κ1) is 17.8. The van der Waals surface area contributed by atoms with Crippen molar-refractivity contribution in [3.05, 3.63) is 108 Å². The van der Waals surface area contributed by atoms with Crippen molar-refractivity contribution in [2.45, 2.75) is 26.2 Å². The Labute approximate surface area is 172 Å². The largest absolute Gasteiger partial charge is 0.310 e. The highest BCUT2D eigenvalue weighted by Crippen LogP contribution is 2.54. The number of fused-ring (bicyclic) bond motifs is 4. The summed E-state index contributed by atoms with van der Waals surface area (Å²) in [7, 11) is 0. The van der Waals surface area contributed by atoms with Crippen LogP contribution in [-0.4, -0.2) is 0 Å². The molecule has 1 heteroatoms. The smallest absolute Gasteiger partial charge is 0.0509 e. The molecule has 0 radical (unpaired) electrons. The number of aryl methyl sites for hydroxylation is 1. The van der Waals surface area contributed by atoms with Gasteiger partial charge in [-0.1, -0.05) is 81.1 Å². The van der Waals surface area contributed by atoms with Gasteiger partial charge in [0.05, 0.1) is 11.4 Å². The van der Waals surface area contributed by atoms with Gasteiger partial charge in [0.15, 0.2) is 0 Å². The second kappa shape index (κ2) is 6.35. The van der Waals surface area contributed by atoms with Crippen molar-refractivity contribution in [2.24, 2.45) is 0 Å². The molecular formula is C28H25N. The highest BCUT2D eigenvalue weighted by molar-refractivity contribution is 5.99. The number of hydrogen-bond donors (Lipinski definition) is 0. The highest BCUT2D eigenvalue weighted by Gasteiger charge is 2.38. The average Bonchev–Trinajstić information content (AvgIpc) is 2.74. The fourth-order valence-electron chi connectivity index (χ4n) is 4.84. The van der Waals surface area contributed by atoms with Crippen LogP contribution in [0.5, 0.6) is 0 Å². The van der Waals surface area contributed by atoms with Crippen LogP contribution in [0.4, 0.5) is 17.1 Å². The molecule has 0 amide bonds. The van der Waals surface area contributed by atoms with Crippen molar-refractivity contribution in [1.82, 2.24) is 0 Å². The molecule has 0 unspecified atom stereocenters. The first-order valence-corrected chi connectivity index (χ1v) is 10.2. The van der Waals surface area contributed by atoms with Crippen molar-refractivity contribution < 1.29 is 0 Å². The summed E-state index contributed by atoms with van der Waals surface area (Å²) in [6.45, 7) is 10.8. The molecule has 0 fully saturated rings. The molecule has 0 bridgehead atoms. The molecule has 0 aliphatic carbocycles. The summed E-state index contributed by atoms with van der Waals surface area (Å²) in [5.74, 6) is 0. The minimum absolute atomic E-state index is 0.0969. The minimum Gasteiger partial charge on any atom is -0.310 e. The monoisotopic (exact) mass is 375 g/mol. The molecule has 29 heavy (non-hydrogen) atoms. The molecular weight excluding hydrogens is 350 g/mol. The first-order valence-electron chi connectivity index (χ1n) is 10.2. The Bertz CT molecular complexity index is 1260. The van der Waals surface area contributed by atoms with Gasteiger partial charge >= 0.3 is 0 Å². The molecule has 142 valence electrons. The van der Waals surface area contributed by atoms with Crippen molar-refractivity contribution in [2.75, 3.05) is 4.90 Å². The number of rotatable bonds is 2. The molecule has 0 saturated carbocycles. The fraction of sp³-hybridized carbons (Fsp3) is 0.143. The van der Waals surface area contributed by atoms with Crippen LogP contribution in [0.25, 0.3) is 16.8 Å². The molecule has 4 aromatic carbocycles. The lowest BCUT2D eigenvalue weighted by Gasteiger charge is -2.43. The topological polar surface area (TPSA) is 3.24 Å². The molecule has 0 aromatic heterocycles. The number of nitrogens with zero attached hydrogens (tertiary/aromatic N) is 1. The zero-order chi connectivity index (χ0) is 20.2. The van der Waals surface area contributed by atoms with E-state index in [1.165, 1.54) is 44.5 Å². The normalized spacial score (nSPS) is 14.4. The molecule has 1 heterocycles. The van der Waals surface area contributed by atoms with Crippen molar-refractivity contribution >= 4 is 33.9 Å². The second-order valence-corrected chi connectivity index (χ2v) is 8.41. The fourth-order valence-corrected chi connectivity index (χ4v) is 4.84. The third-order valence-corrected chi connectivity index (χ3v) is 6.30. The summed E-state index contributed by atoms with van der Waals surface area (Å²) >= 11 is 0. The maximum atomic E-state index is 3.94. The van der Waals surface area contributed by atoms with E-state index in [1.807, 2.05) is 6.08 Å². The van der Waals surface area contributed by atoms with Crippen LogP contribution in [-0.2, 0) is 5.41 Å². The van der Waals surface area contributed by atoms with Gasteiger partial charge in [0.2, 0.25) is 0 Å². The summed E-state index contributed by atoms with van der Waals surface area (Å²) in [6.07, 6.45) is 1.92. The third kappa shape index (κ3) is 2.54. The van der Waals surface area contributed by atoms with Crippen molar-refractivity contribution in [3.8, 4) is 0 Å².